The summed E-state index contributed by atoms with van der Waals surface area (Å²) >= 11 is 0. The molecule has 0 saturated carbocycles. The second kappa shape index (κ2) is 20.8. The Balaban J connectivity index is 1.22. The molecule has 4 heterocycles. The smallest absolute Gasteiger partial charge is 0.330 e. The Hall–Kier alpha value is -5.88. The van der Waals surface area contributed by atoms with Crippen molar-refractivity contribution in [2.75, 3.05) is 26.9 Å². The van der Waals surface area contributed by atoms with Crippen LogP contribution in [0.15, 0.2) is 63.8 Å². The highest BCUT2D eigenvalue weighted by atomic mass is 16.8. The molecule has 15 unspecified atom stereocenters. The molecule has 0 radical (unpaired) electrons. The molecule has 15 atom stereocenters. The number of hydrogen-bond donors (Lipinski definition) is 14. The monoisotopic (exact) mass is 964 g/mol. The van der Waals surface area contributed by atoms with E-state index >= 15 is 0 Å². The molecule has 0 bridgehead atoms. The molecule has 0 aliphatic carbocycles. The predicted molar refractivity (Wildman–Crippen MR) is 222 cm³/mol. The molecule has 4 aromatic rings. The van der Waals surface area contributed by atoms with Crippen LogP contribution in [0.2, 0.25) is 0 Å². The van der Waals surface area contributed by atoms with Gasteiger partial charge in [-0.05, 0) is 48.0 Å². The molecule has 7 rings (SSSR count). The van der Waals surface area contributed by atoms with E-state index in [-0.39, 0.29) is 17.1 Å². The van der Waals surface area contributed by atoms with Gasteiger partial charge in [0.05, 0.1) is 20.3 Å². The molecule has 25 heteroatoms. The normalized spacial score (nSPS) is 32.0. The lowest BCUT2D eigenvalue weighted by Gasteiger charge is -2.45. The summed E-state index contributed by atoms with van der Waals surface area (Å²) in [7, 11) is 1.04. The maximum atomic E-state index is 14.6. The van der Waals surface area contributed by atoms with Crippen molar-refractivity contribution in [3.8, 4) is 51.6 Å². The van der Waals surface area contributed by atoms with Crippen LogP contribution in [0, 0.1) is 0 Å². The Kier molecular flexibility index (Phi) is 15.3. The summed E-state index contributed by atoms with van der Waals surface area (Å²) in [5.41, 5.74) is -1.36. The van der Waals surface area contributed by atoms with Crippen LogP contribution >= 0.6 is 0 Å². The second-order valence-electron chi connectivity index (χ2n) is 15.7. The van der Waals surface area contributed by atoms with Gasteiger partial charge in [0.15, 0.2) is 41.2 Å². The number of carbonyl (C=O) groups excluding carboxylic acids is 1. The number of aliphatic hydroxyl groups excluding tert-OH is 10. The van der Waals surface area contributed by atoms with Crippen LogP contribution < -0.4 is 19.6 Å². The highest BCUT2D eigenvalue weighted by Gasteiger charge is 2.52. The van der Waals surface area contributed by atoms with Gasteiger partial charge in [0, 0.05) is 17.7 Å². The molecule has 0 amide bonds. The molecular weight excluding hydrogens is 916 g/mol. The largest absolute Gasteiger partial charge is 0.508 e. The van der Waals surface area contributed by atoms with E-state index in [0.29, 0.717) is 5.56 Å². The molecule has 3 aliphatic heterocycles. The van der Waals surface area contributed by atoms with Crippen molar-refractivity contribution >= 4 is 23.0 Å². The van der Waals surface area contributed by atoms with Gasteiger partial charge in [-0.3, -0.25) is 4.79 Å². The summed E-state index contributed by atoms with van der Waals surface area (Å²) in [5.74, 6) is -5.40. The summed E-state index contributed by atoms with van der Waals surface area (Å²) in [4.78, 5) is 27.1. The van der Waals surface area contributed by atoms with Crippen molar-refractivity contribution in [3.63, 3.8) is 0 Å². The molecule has 3 fully saturated rings. The fourth-order valence-corrected chi connectivity index (χ4v) is 7.52. The Morgan fingerprint density at radius 2 is 1.26 bits per heavy atom. The average molecular weight is 965 g/mol. The average Bonchev–Trinajstić information content (AvgIpc) is 3.32. The summed E-state index contributed by atoms with van der Waals surface area (Å²) < 4.78 is 51.0. The molecule has 3 aromatic carbocycles. The van der Waals surface area contributed by atoms with Gasteiger partial charge < -0.3 is 114 Å². The zero-order chi connectivity index (χ0) is 49.3. The van der Waals surface area contributed by atoms with Gasteiger partial charge in [0.25, 0.3) is 0 Å². The van der Waals surface area contributed by atoms with Gasteiger partial charge in [0.1, 0.15) is 90.5 Å². The summed E-state index contributed by atoms with van der Waals surface area (Å²) in [5, 5.41) is 146. The molecule has 370 valence electrons. The third-order valence-corrected chi connectivity index (χ3v) is 11.3. The molecule has 3 aliphatic rings. The lowest BCUT2D eigenvalue weighted by molar-refractivity contribution is -0.358. The quantitative estimate of drug-likeness (QED) is 0.0335. The summed E-state index contributed by atoms with van der Waals surface area (Å²) in [6.07, 6.45) is -26.0. The fraction of sp³-hybridized carbons (Fsp3) is 0.442. The van der Waals surface area contributed by atoms with E-state index < -0.39 is 169 Å². The number of hydrogen-bond acceptors (Lipinski definition) is 25. The number of phenols is 4. The van der Waals surface area contributed by atoms with Crippen molar-refractivity contribution in [2.24, 2.45) is 0 Å². The summed E-state index contributed by atoms with van der Waals surface area (Å²) in [6.45, 7) is -2.52. The van der Waals surface area contributed by atoms with E-state index in [4.69, 9.17) is 42.3 Å². The lowest BCUT2D eigenvalue weighted by atomic mass is 9.97. The number of fused-ring (bicyclic) bond motifs is 1. The number of phenolic OH excluding ortho intramolecular Hbond substituents is 4. The minimum absolute atomic E-state index is 0.00710. The van der Waals surface area contributed by atoms with Crippen molar-refractivity contribution in [1.29, 1.82) is 0 Å². The zero-order valence-electron chi connectivity index (χ0n) is 35.3. The van der Waals surface area contributed by atoms with Crippen molar-refractivity contribution in [1.82, 2.24) is 0 Å². The van der Waals surface area contributed by atoms with Crippen LogP contribution in [0.5, 0.6) is 40.2 Å². The van der Waals surface area contributed by atoms with Gasteiger partial charge in [-0.2, -0.15) is 0 Å². The number of aromatic hydroxyl groups is 4. The van der Waals surface area contributed by atoms with Gasteiger partial charge in [-0.15, -0.1) is 0 Å². The zero-order valence-corrected chi connectivity index (χ0v) is 35.3. The molecule has 0 spiro atoms. The Morgan fingerprint density at radius 1 is 0.662 bits per heavy atom. The number of benzene rings is 3. The minimum atomic E-state index is -2.07. The van der Waals surface area contributed by atoms with E-state index in [9.17, 15) is 81.1 Å². The van der Waals surface area contributed by atoms with Crippen LogP contribution in [0.1, 0.15) is 5.56 Å². The first-order valence-corrected chi connectivity index (χ1v) is 20.6. The van der Waals surface area contributed by atoms with E-state index in [0.717, 1.165) is 19.3 Å². The van der Waals surface area contributed by atoms with Crippen LogP contribution in [-0.4, -0.2) is 197 Å². The van der Waals surface area contributed by atoms with Crippen LogP contribution in [0.4, 0.5) is 0 Å². The number of rotatable bonds is 14. The molecule has 1 aromatic heterocycles. The number of ether oxygens (including phenoxy) is 8. The Bertz CT molecular complexity index is 2490. The van der Waals surface area contributed by atoms with Gasteiger partial charge in [-0.1, -0.05) is 6.07 Å². The second-order valence-corrected chi connectivity index (χ2v) is 15.7. The first-order valence-electron chi connectivity index (χ1n) is 20.6. The maximum Gasteiger partial charge on any atom is 0.330 e. The highest BCUT2D eigenvalue weighted by molar-refractivity contribution is 5.91. The standard InChI is InChI=1S/C43H48O25/c1-60-38-21(63-41-35(58)33(56)29(52)24(66-41)14-61-25(49)9-3-15-2-8-18(47)19(48)10-15)11-20-26(30(38)53)31(54)39(37(62-20)16-4-6-17(46)7-5-16)67-43-40(34(57)28(51)23(13-45)65-43)68-42-36(59)32(55)27(50)22(12-44)64-42/h2-11,22-24,27-29,32-36,40-48,50-53,55-59H,12-14H2,1H3. The molecule has 25 nitrogen and oxygen atoms in total. The van der Waals surface area contributed by atoms with Crippen LogP contribution in [-0.2, 0) is 28.5 Å². The summed E-state index contributed by atoms with van der Waals surface area (Å²) in [6, 6.07) is 9.67. The number of aliphatic hydroxyl groups is 10. The molecule has 14 N–H and O–H groups in total. The predicted octanol–water partition coefficient (Wildman–Crippen LogP) is -3.26. The lowest BCUT2D eigenvalue weighted by Crippen LogP contribution is -2.65. The molecule has 68 heavy (non-hydrogen) atoms. The van der Waals surface area contributed by atoms with E-state index in [1.165, 1.54) is 48.5 Å². The topological polar surface area (TPSA) is 404 Å². The van der Waals surface area contributed by atoms with Gasteiger partial charge in [-0.25, -0.2) is 4.79 Å². The Morgan fingerprint density at radius 3 is 1.90 bits per heavy atom. The van der Waals surface area contributed by atoms with Gasteiger partial charge in [0.2, 0.25) is 29.5 Å². The molecular formula is C43H48O25. The number of esters is 1. The minimum Gasteiger partial charge on any atom is -0.508 e. The van der Waals surface area contributed by atoms with E-state index in [2.05, 4.69) is 0 Å². The van der Waals surface area contributed by atoms with E-state index in [1.807, 2.05) is 0 Å². The van der Waals surface area contributed by atoms with Crippen molar-refractivity contribution in [2.45, 2.75) is 92.1 Å². The van der Waals surface area contributed by atoms with Crippen molar-refractivity contribution in [3.05, 3.63) is 70.4 Å². The molecule has 3 saturated heterocycles. The van der Waals surface area contributed by atoms with E-state index in [1.54, 1.807) is 0 Å². The van der Waals surface area contributed by atoms with Crippen LogP contribution in [0.25, 0.3) is 28.4 Å². The fourth-order valence-electron chi connectivity index (χ4n) is 7.52. The third-order valence-electron chi connectivity index (χ3n) is 11.3. The number of methoxy groups -OCH3 is 1. The van der Waals surface area contributed by atoms with Crippen molar-refractivity contribution < 1.29 is 119 Å². The third kappa shape index (κ3) is 9.98. The number of carbonyl (C=O) groups is 1. The highest BCUT2D eigenvalue weighted by Crippen LogP contribution is 2.46. The van der Waals surface area contributed by atoms with Gasteiger partial charge >= 0.3 is 5.97 Å². The SMILES string of the molecule is COc1c(OC2OC(COC(=O)C=Cc3ccc(O)c(O)c3)C(O)C(O)C2O)cc2oc(-c3ccc(O)cc3)c(OC3OC(CO)C(O)C(O)C3OC3OC(CO)C(O)C(O)C3O)c(=O)c2c1O. The van der Waals surface area contributed by atoms with Crippen LogP contribution in [0.3, 0.4) is 0 Å². The first-order chi connectivity index (χ1) is 32.4. The maximum absolute atomic E-state index is 14.6. The Labute approximate surface area is 382 Å². The first kappa shape index (κ1) is 50.0.